The molecule has 0 spiro atoms. The standard InChI is InChI=1S/C38H57N5O7.C4H11N/c1-5-7-9-10-11-13-36(48)40-19-18-37(49)41-23-31(12-8-6-2)43(4)27(3)29-15-17-35(47)33(22-29)32-21-28(14-16-34(32)46)20-30(25-44)42-38(50)24-39-26-45;1-2-3-4-5/h12,14-17,21-22,26-27,30,44,46-47H,5-11,13,18-20,23-25H2,1-4H3,(H,39,45)(H,40,48)(H,41,49)(H,42,50);2-5H2,1H3/b31-12+;/t27?,30-;/m0./s1. The van der Waals surface area contributed by atoms with E-state index in [1.165, 1.54) is 25.3 Å². The topological polar surface area (TPSA) is 206 Å². The predicted molar refractivity (Wildman–Crippen MR) is 219 cm³/mol. The van der Waals surface area contributed by atoms with Gasteiger partial charge in [0, 0.05) is 43.3 Å². The van der Waals surface area contributed by atoms with Gasteiger partial charge in [-0.05, 0) is 74.5 Å². The second kappa shape index (κ2) is 28.8. The van der Waals surface area contributed by atoms with E-state index in [9.17, 15) is 34.5 Å². The van der Waals surface area contributed by atoms with E-state index in [1.807, 2.05) is 26.1 Å². The Bertz CT molecular complexity index is 1470. The number of aliphatic hydroxyl groups excluding tert-OH is 1. The Morgan fingerprint density at radius 2 is 1.47 bits per heavy atom. The lowest BCUT2D eigenvalue weighted by Crippen LogP contribution is -2.43. The first-order valence-corrected chi connectivity index (χ1v) is 19.8. The molecule has 13 heteroatoms. The normalized spacial score (nSPS) is 12.1. The maximum Gasteiger partial charge on any atom is 0.239 e. The van der Waals surface area contributed by atoms with E-state index < -0.39 is 11.9 Å². The minimum atomic E-state index is -0.625. The Balaban J connectivity index is 0.00000283. The van der Waals surface area contributed by atoms with Crippen molar-refractivity contribution in [1.29, 1.82) is 0 Å². The van der Waals surface area contributed by atoms with Crippen molar-refractivity contribution in [3.63, 3.8) is 0 Å². The van der Waals surface area contributed by atoms with E-state index in [0.717, 1.165) is 56.3 Å². The molecule has 2 aromatic carbocycles. The van der Waals surface area contributed by atoms with E-state index in [-0.39, 0.29) is 55.3 Å². The van der Waals surface area contributed by atoms with E-state index >= 15 is 0 Å². The number of unbranched alkanes of at least 4 members (excludes halogenated alkanes) is 6. The molecule has 0 fully saturated rings. The Morgan fingerprint density at radius 3 is 2.09 bits per heavy atom. The van der Waals surface area contributed by atoms with Crippen LogP contribution >= 0.6 is 0 Å². The zero-order valence-electron chi connectivity index (χ0n) is 33.8. The third-order valence-electron chi connectivity index (χ3n) is 9.18. The fourth-order valence-corrected chi connectivity index (χ4v) is 5.71. The predicted octanol–water partition coefficient (Wildman–Crippen LogP) is 4.94. The molecule has 2 aromatic rings. The number of aromatic hydroxyl groups is 2. The summed E-state index contributed by atoms with van der Waals surface area (Å²) in [5.41, 5.74) is 8.43. The van der Waals surface area contributed by atoms with Crippen molar-refractivity contribution in [2.75, 3.05) is 39.8 Å². The number of phenolic OH excluding ortho intramolecular Hbond substituents is 2. The lowest BCUT2D eigenvalue weighted by Gasteiger charge is -2.31. The van der Waals surface area contributed by atoms with Crippen LogP contribution in [0.15, 0.2) is 48.2 Å². The van der Waals surface area contributed by atoms with Crippen LogP contribution in [0.5, 0.6) is 11.5 Å². The van der Waals surface area contributed by atoms with Crippen LogP contribution in [0.4, 0.5) is 0 Å². The highest BCUT2D eigenvalue weighted by Crippen LogP contribution is 2.38. The molecule has 0 bridgehead atoms. The van der Waals surface area contributed by atoms with E-state index in [0.29, 0.717) is 42.6 Å². The molecule has 13 nitrogen and oxygen atoms in total. The number of nitrogens with two attached hydrogens (primary N) is 1. The first-order chi connectivity index (χ1) is 26.4. The number of carbonyl (C=O) groups excluding carboxylic acids is 4. The first-order valence-electron chi connectivity index (χ1n) is 19.8. The summed E-state index contributed by atoms with van der Waals surface area (Å²) in [6.45, 7) is 9.28. The number of aliphatic hydroxyl groups is 1. The molecule has 308 valence electrons. The molecular weight excluding hydrogens is 700 g/mol. The van der Waals surface area contributed by atoms with Gasteiger partial charge in [-0.25, -0.2) is 0 Å². The van der Waals surface area contributed by atoms with Gasteiger partial charge in [0.2, 0.25) is 24.1 Å². The molecule has 1 unspecified atom stereocenters. The summed E-state index contributed by atoms with van der Waals surface area (Å²) in [7, 11) is 1.94. The minimum absolute atomic E-state index is 0.0253. The monoisotopic (exact) mass is 769 g/mol. The van der Waals surface area contributed by atoms with Crippen LogP contribution in [0.1, 0.15) is 115 Å². The quantitative estimate of drug-likeness (QED) is 0.0482. The van der Waals surface area contributed by atoms with Crippen molar-refractivity contribution in [3.05, 3.63) is 59.3 Å². The zero-order chi connectivity index (χ0) is 41.0. The number of amides is 4. The van der Waals surface area contributed by atoms with Gasteiger partial charge in [0.05, 0.1) is 31.8 Å². The fourth-order valence-electron chi connectivity index (χ4n) is 5.71. The maximum absolute atomic E-state index is 12.7. The van der Waals surface area contributed by atoms with Crippen LogP contribution in [0.2, 0.25) is 0 Å². The summed E-state index contributed by atoms with van der Waals surface area (Å²) in [5.74, 6) is -0.697. The molecule has 0 saturated heterocycles. The number of likely N-dealkylation sites (N-methyl/N-ethyl adjacent to an activating group) is 1. The van der Waals surface area contributed by atoms with Gasteiger partial charge in [-0.2, -0.15) is 0 Å². The van der Waals surface area contributed by atoms with Crippen LogP contribution in [-0.4, -0.2) is 90.2 Å². The van der Waals surface area contributed by atoms with Crippen molar-refractivity contribution < 1.29 is 34.5 Å². The molecule has 0 aliphatic carbocycles. The van der Waals surface area contributed by atoms with Crippen molar-refractivity contribution in [3.8, 4) is 22.6 Å². The number of allylic oxidation sites excluding steroid dienone is 1. The molecule has 4 amide bonds. The highest BCUT2D eigenvalue weighted by Gasteiger charge is 2.20. The Kier molecular flexibility index (Phi) is 25.3. The van der Waals surface area contributed by atoms with Crippen molar-refractivity contribution in [2.24, 2.45) is 5.73 Å². The van der Waals surface area contributed by atoms with Gasteiger partial charge in [-0.3, -0.25) is 19.2 Å². The Labute approximate surface area is 328 Å². The summed E-state index contributed by atoms with van der Waals surface area (Å²) in [6, 6.07) is 9.29. The number of nitrogens with zero attached hydrogens (tertiary/aromatic N) is 1. The molecule has 2 rings (SSSR count). The molecule has 2 atom stereocenters. The molecule has 0 saturated carbocycles. The molecule has 9 N–H and O–H groups in total. The van der Waals surface area contributed by atoms with E-state index in [1.54, 1.807) is 18.2 Å². The third kappa shape index (κ3) is 19.5. The molecule has 55 heavy (non-hydrogen) atoms. The first kappa shape index (κ1) is 48.4. The minimum Gasteiger partial charge on any atom is -0.507 e. The van der Waals surface area contributed by atoms with Gasteiger partial charge in [-0.15, -0.1) is 0 Å². The van der Waals surface area contributed by atoms with E-state index in [2.05, 4.69) is 53.0 Å². The van der Waals surface area contributed by atoms with Gasteiger partial charge in [0.15, 0.2) is 0 Å². The van der Waals surface area contributed by atoms with Crippen LogP contribution in [0.25, 0.3) is 11.1 Å². The summed E-state index contributed by atoms with van der Waals surface area (Å²) in [6.07, 6.45) is 13.0. The fraction of sp³-hybridized carbons (Fsp3) is 0.571. The van der Waals surface area contributed by atoms with Gasteiger partial charge in [0.25, 0.3) is 0 Å². The third-order valence-corrected chi connectivity index (χ3v) is 9.18. The van der Waals surface area contributed by atoms with Crippen molar-refractivity contribution in [1.82, 2.24) is 26.2 Å². The van der Waals surface area contributed by atoms with Crippen LogP contribution in [0, 0.1) is 0 Å². The van der Waals surface area contributed by atoms with Crippen molar-refractivity contribution in [2.45, 2.75) is 117 Å². The largest absolute Gasteiger partial charge is 0.507 e. The molecule has 0 aromatic heterocycles. The van der Waals surface area contributed by atoms with Gasteiger partial charge < -0.3 is 47.2 Å². The van der Waals surface area contributed by atoms with Crippen molar-refractivity contribution >= 4 is 24.1 Å². The van der Waals surface area contributed by atoms with Crippen LogP contribution in [0.3, 0.4) is 0 Å². The summed E-state index contributed by atoms with van der Waals surface area (Å²) >= 11 is 0. The number of hydrogen-bond donors (Lipinski definition) is 8. The SMILES string of the molecule is CCC/C=C(\CNC(=O)CCNC(=O)CCCCCCC)N(C)C(C)c1ccc(O)c(-c2cc(C[C@@H](CO)NC(=O)CNC=O)ccc2O)c1.CCCCN. The van der Waals surface area contributed by atoms with Gasteiger partial charge in [0.1, 0.15) is 11.5 Å². The second-order valence-electron chi connectivity index (χ2n) is 13.7. The number of hydrogen-bond acceptors (Lipinski definition) is 9. The number of phenols is 2. The number of rotatable bonds is 26. The lowest BCUT2D eigenvalue weighted by atomic mass is 9.95. The van der Waals surface area contributed by atoms with Gasteiger partial charge >= 0.3 is 0 Å². The average Bonchev–Trinajstić information content (AvgIpc) is 3.17. The number of benzene rings is 2. The van der Waals surface area contributed by atoms with Crippen LogP contribution in [-0.2, 0) is 25.6 Å². The number of nitrogens with one attached hydrogen (secondary N) is 4. The highest BCUT2D eigenvalue weighted by molar-refractivity contribution is 5.80. The zero-order valence-corrected chi connectivity index (χ0v) is 33.8. The maximum atomic E-state index is 12.7. The van der Waals surface area contributed by atoms with E-state index in [4.69, 9.17) is 5.73 Å². The molecular formula is C42H68N6O7. The highest BCUT2D eigenvalue weighted by atomic mass is 16.3. The Hall–Kier alpha value is -4.62. The molecule has 0 aliphatic heterocycles. The molecule has 0 radical (unpaired) electrons. The second-order valence-corrected chi connectivity index (χ2v) is 13.7. The summed E-state index contributed by atoms with van der Waals surface area (Å²) in [4.78, 5) is 49.4. The average molecular weight is 769 g/mol. The lowest BCUT2D eigenvalue weighted by molar-refractivity contribution is -0.123. The van der Waals surface area contributed by atoms with Crippen LogP contribution < -0.4 is 27.0 Å². The Morgan fingerprint density at radius 1 is 0.818 bits per heavy atom. The van der Waals surface area contributed by atoms with Gasteiger partial charge in [-0.1, -0.05) is 77.5 Å². The molecule has 0 heterocycles. The number of carbonyl (C=O) groups is 4. The smallest absolute Gasteiger partial charge is 0.239 e. The molecule has 0 aliphatic rings. The summed E-state index contributed by atoms with van der Waals surface area (Å²) in [5, 5.41) is 42.3. The summed E-state index contributed by atoms with van der Waals surface area (Å²) < 4.78 is 0.